The van der Waals surface area contributed by atoms with E-state index in [1.54, 1.807) is 25.3 Å². The smallest absolute Gasteiger partial charge is 0.257 e. The number of amides is 1. The molecular formula is C17H20ClN3O2. The number of nitrogens with one attached hydrogen (secondary N) is 1. The first-order valence-electron chi connectivity index (χ1n) is 7.73. The van der Waals surface area contributed by atoms with Crippen molar-refractivity contribution in [1.29, 1.82) is 0 Å². The van der Waals surface area contributed by atoms with Crippen molar-refractivity contribution in [3.05, 3.63) is 46.2 Å². The molecule has 0 spiro atoms. The van der Waals surface area contributed by atoms with Gasteiger partial charge in [0.25, 0.3) is 5.91 Å². The lowest BCUT2D eigenvalue weighted by atomic mass is 9.94. The molecule has 1 unspecified atom stereocenters. The summed E-state index contributed by atoms with van der Waals surface area (Å²) < 4.78 is 5.30. The first-order valence-corrected chi connectivity index (χ1v) is 8.11. The molecule has 0 aliphatic carbocycles. The Kier molecular flexibility index (Phi) is 4.57. The summed E-state index contributed by atoms with van der Waals surface area (Å²) in [7, 11) is 1.56. The van der Waals surface area contributed by atoms with Crippen LogP contribution in [-0.4, -0.2) is 41.2 Å². The van der Waals surface area contributed by atoms with Crippen LogP contribution in [-0.2, 0) is 0 Å². The van der Waals surface area contributed by atoms with E-state index in [-0.39, 0.29) is 11.8 Å². The zero-order chi connectivity index (χ0) is 16.4. The minimum atomic E-state index is -0.0405. The van der Waals surface area contributed by atoms with E-state index >= 15 is 0 Å². The van der Waals surface area contributed by atoms with Crippen LogP contribution < -0.4 is 4.74 Å². The molecule has 1 fully saturated rings. The van der Waals surface area contributed by atoms with Gasteiger partial charge < -0.3 is 9.64 Å². The van der Waals surface area contributed by atoms with E-state index in [0.29, 0.717) is 22.9 Å². The van der Waals surface area contributed by atoms with Gasteiger partial charge in [0.1, 0.15) is 5.75 Å². The number of aromatic nitrogens is 2. The van der Waals surface area contributed by atoms with Gasteiger partial charge in [-0.15, -0.1) is 0 Å². The summed E-state index contributed by atoms with van der Waals surface area (Å²) in [6.45, 7) is 3.40. The van der Waals surface area contributed by atoms with E-state index in [2.05, 4.69) is 16.3 Å². The predicted octanol–water partition coefficient (Wildman–Crippen LogP) is 3.40. The highest BCUT2D eigenvalue weighted by atomic mass is 35.5. The van der Waals surface area contributed by atoms with Crippen LogP contribution in [0, 0.1) is 6.92 Å². The molecule has 3 rings (SSSR count). The Hall–Kier alpha value is -2.01. The fourth-order valence-corrected chi connectivity index (χ4v) is 3.24. The second kappa shape index (κ2) is 6.62. The molecular weight excluding hydrogens is 314 g/mol. The third-order valence-electron chi connectivity index (χ3n) is 4.24. The fraction of sp³-hybridized carbons (Fsp3) is 0.412. The number of carbonyl (C=O) groups is 1. The number of ether oxygens (including phenoxy) is 1. The molecule has 1 amide bonds. The third-order valence-corrected chi connectivity index (χ3v) is 4.48. The molecule has 1 aromatic heterocycles. The monoisotopic (exact) mass is 333 g/mol. The number of piperidine rings is 1. The number of hydrogen-bond donors (Lipinski definition) is 1. The summed E-state index contributed by atoms with van der Waals surface area (Å²) >= 11 is 6.04. The Morgan fingerprint density at radius 1 is 1.43 bits per heavy atom. The average Bonchev–Trinajstić information content (AvgIpc) is 3.01. The normalized spacial score (nSPS) is 18.0. The van der Waals surface area contributed by atoms with E-state index in [4.69, 9.17) is 16.3 Å². The van der Waals surface area contributed by atoms with Gasteiger partial charge in [-0.3, -0.25) is 9.89 Å². The number of nitrogens with zero attached hydrogens (tertiary/aromatic N) is 2. The van der Waals surface area contributed by atoms with Gasteiger partial charge in [0, 0.05) is 29.7 Å². The van der Waals surface area contributed by atoms with Gasteiger partial charge in [-0.05, 0) is 44.0 Å². The maximum Gasteiger partial charge on any atom is 0.257 e. The van der Waals surface area contributed by atoms with Crippen LogP contribution in [0.1, 0.15) is 40.5 Å². The van der Waals surface area contributed by atoms with Crippen LogP contribution in [0.2, 0.25) is 5.02 Å². The molecule has 1 aliphatic heterocycles. The number of benzene rings is 1. The molecule has 1 N–H and O–H groups in total. The van der Waals surface area contributed by atoms with Gasteiger partial charge in [-0.25, -0.2) is 0 Å². The molecule has 6 heteroatoms. The van der Waals surface area contributed by atoms with Crippen LogP contribution in [0.25, 0.3) is 0 Å². The first kappa shape index (κ1) is 15.9. The van der Waals surface area contributed by atoms with Crippen molar-refractivity contribution in [2.75, 3.05) is 20.2 Å². The number of carbonyl (C=O) groups excluding carboxylic acids is 1. The van der Waals surface area contributed by atoms with E-state index in [0.717, 1.165) is 30.8 Å². The highest BCUT2D eigenvalue weighted by molar-refractivity contribution is 6.31. The second-order valence-corrected chi connectivity index (χ2v) is 6.35. The van der Waals surface area contributed by atoms with Crippen LogP contribution in [0.4, 0.5) is 0 Å². The summed E-state index contributed by atoms with van der Waals surface area (Å²) in [4.78, 5) is 14.7. The maximum absolute atomic E-state index is 12.9. The minimum Gasteiger partial charge on any atom is -0.496 e. The Balaban J connectivity index is 1.81. The van der Waals surface area contributed by atoms with Gasteiger partial charge in [-0.1, -0.05) is 11.6 Å². The van der Waals surface area contributed by atoms with Gasteiger partial charge in [0.15, 0.2) is 0 Å². The molecule has 0 bridgehead atoms. The number of hydrogen-bond acceptors (Lipinski definition) is 3. The average molecular weight is 334 g/mol. The topological polar surface area (TPSA) is 58.2 Å². The fourth-order valence-electron chi connectivity index (χ4n) is 3.07. The summed E-state index contributed by atoms with van der Waals surface area (Å²) in [6.07, 6.45) is 2.01. The Bertz CT molecular complexity index is 714. The number of methoxy groups -OCH3 is 1. The minimum absolute atomic E-state index is 0.0405. The standard InChI is InChI=1S/C17H20ClN3O2/c1-11-8-15(20-19-11)12-4-3-7-21(10-12)17(22)14-9-13(18)5-6-16(14)23-2/h5-6,8-9,12H,3-4,7,10H2,1-2H3,(H,19,20). The van der Waals surface area contributed by atoms with Crippen molar-refractivity contribution in [3.63, 3.8) is 0 Å². The van der Waals surface area contributed by atoms with Crippen molar-refractivity contribution >= 4 is 17.5 Å². The van der Waals surface area contributed by atoms with E-state index < -0.39 is 0 Å². The highest BCUT2D eigenvalue weighted by Crippen LogP contribution is 2.29. The van der Waals surface area contributed by atoms with Crippen molar-refractivity contribution in [1.82, 2.24) is 15.1 Å². The van der Waals surface area contributed by atoms with Crippen molar-refractivity contribution in [2.24, 2.45) is 0 Å². The summed E-state index contributed by atoms with van der Waals surface area (Å²) in [6, 6.07) is 7.18. The van der Waals surface area contributed by atoms with E-state index in [1.807, 2.05) is 11.8 Å². The van der Waals surface area contributed by atoms with Gasteiger partial charge in [-0.2, -0.15) is 5.10 Å². The zero-order valence-corrected chi connectivity index (χ0v) is 14.1. The first-order chi connectivity index (χ1) is 11.1. The van der Waals surface area contributed by atoms with Crippen molar-refractivity contribution in [2.45, 2.75) is 25.7 Å². The SMILES string of the molecule is COc1ccc(Cl)cc1C(=O)N1CCCC(c2cc(C)[nH]n2)C1. The number of aryl methyl sites for hydroxylation is 1. The van der Waals surface area contributed by atoms with E-state index in [9.17, 15) is 4.79 Å². The molecule has 2 aromatic rings. The Morgan fingerprint density at radius 2 is 2.26 bits per heavy atom. The lowest BCUT2D eigenvalue weighted by Crippen LogP contribution is -2.39. The Morgan fingerprint density at radius 3 is 2.96 bits per heavy atom. The maximum atomic E-state index is 12.9. The molecule has 1 saturated heterocycles. The summed E-state index contributed by atoms with van der Waals surface area (Å²) in [5, 5.41) is 7.85. The van der Waals surface area contributed by atoms with Crippen LogP contribution in [0.3, 0.4) is 0 Å². The molecule has 2 heterocycles. The highest BCUT2D eigenvalue weighted by Gasteiger charge is 2.28. The number of likely N-dealkylation sites (tertiary alicyclic amines) is 1. The molecule has 1 aromatic carbocycles. The summed E-state index contributed by atoms with van der Waals surface area (Å²) in [5.74, 6) is 0.779. The number of rotatable bonds is 3. The van der Waals surface area contributed by atoms with Crippen LogP contribution in [0.5, 0.6) is 5.75 Å². The van der Waals surface area contributed by atoms with Crippen LogP contribution >= 0.6 is 11.6 Å². The predicted molar refractivity (Wildman–Crippen MR) is 89.2 cm³/mol. The lowest BCUT2D eigenvalue weighted by molar-refractivity contribution is 0.0702. The largest absolute Gasteiger partial charge is 0.496 e. The molecule has 23 heavy (non-hydrogen) atoms. The second-order valence-electron chi connectivity index (χ2n) is 5.91. The van der Waals surface area contributed by atoms with Crippen LogP contribution in [0.15, 0.2) is 24.3 Å². The van der Waals surface area contributed by atoms with Crippen molar-refractivity contribution in [3.8, 4) is 5.75 Å². The number of aromatic amines is 1. The quantitative estimate of drug-likeness (QED) is 0.936. The van der Waals surface area contributed by atoms with Gasteiger partial charge >= 0.3 is 0 Å². The number of halogens is 1. The lowest BCUT2D eigenvalue weighted by Gasteiger charge is -2.32. The summed E-state index contributed by atoms with van der Waals surface area (Å²) in [5.41, 5.74) is 2.58. The van der Waals surface area contributed by atoms with Gasteiger partial charge in [0.2, 0.25) is 0 Å². The molecule has 1 aliphatic rings. The molecule has 5 nitrogen and oxygen atoms in total. The number of H-pyrrole nitrogens is 1. The van der Waals surface area contributed by atoms with E-state index in [1.165, 1.54) is 0 Å². The van der Waals surface area contributed by atoms with Crippen molar-refractivity contribution < 1.29 is 9.53 Å². The van der Waals surface area contributed by atoms with Gasteiger partial charge in [0.05, 0.1) is 18.4 Å². The Labute approximate surface area is 140 Å². The molecule has 1 atom stereocenters. The zero-order valence-electron chi connectivity index (χ0n) is 13.3. The molecule has 0 radical (unpaired) electrons. The molecule has 0 saturated carbocycles. The third kappa shape index (κ3) is 3.34. The molecule has 122 valence electrons.